The van der Waals surface area contributed by atoms with Crippen LogP contribution in [-0.2, 0) is 18.8 Å². The van der Waals surface area contributed by atoms with E-state index in [1.165, 1.54) is 9.63 Å². The molecule has 1 aliphatic rings. The van der Waals surface area contributed by atoms with Crippen LogP contribution in [0.5, 0.6) is 0 Å². The van der Waals surface area contributed by atoms with E-state index in [0.717, 1.165) is 0 Å². The molecule has 123 valence electrons. The molecule has 1 aromatic rings. The molecule has 0 aromatic carbocycles. The van der Waals surface area contributed by atoms with E-state index in [9.17, 15) is 14.8 Å². The minimum absolute atomic E-state index is 0.145. The normalized spacial score (nSPS) is 21.9. The molecule has 1 aromatic heterocycles. The Kier molecular flexibility index (Phi) is 4.34. The van der Waals surface area contributed by atoms with Gasteiger partial charge in [-0.1, -0.05) is 0 Å². The molecule has 7 nitrogen and oxygen atoms in total. The van der Waals surface area contributed by atoms with Crippen molar-refractivity contribution in [1.82, 2.24) is 19.9 Å². The standard InChI is InChI=1S/C15H25N4O3/c1-14(2)6-11(7-15(3,4)19(14)22)16-8-10-9-18(5)13(21)17-12(10)20/h9,11,16H,6-8H2,1-5H3,(H,17,20,21). The van der Waals surface area contributed by atoms with Gasteiger partial charge in [0, 0.05) is 42.5 Å². The van der Waals surface area contributed by atoms with Crippen molar-refractivity contribution in [1.29, 1.82) is 0 Å². The zero-order valence-electron chi connectivity index (χ0n) is 13.9. The highest BCUT2D eigenvalue weighted by Crippen LogP contribution is 2.36. The Bertz CT molecular complexity index is 641. The largest absolute Gasteiger partial charge is 0.328 e. The lowest BCUT2D eigenvalue weighted by Crippen LogP contribution is -2.61. The Morgan fingerprint density at radius 3 is 2.32 bits per heavy atom. The number of hydrogen-bond acceptors (Lipinski definition) is 4. The molecule has 2 heterocycles. The lowest BCUT2D eigenvalue weighted by molar-refractivity contribution is -0.290. The first-order valence-corrected chi connectivity index (χ1v) is 7.53. The van der Waals surface area contributed by atoms with E-state index in [1.54, 1.807) is 13.2 Å². The zero-order chi connectivity index (χ0) is 16.7. The molecule has 1 fully saturated rings. The molecule has 0 saturated carbocycles. The van der Waals surface area contributed by atoms with Gasteiger partial charge in [0.25, 0.3) is 5.56 Å². The van der Waals surface area contributed by atoms with Crippen molar-refractivity contribution in [3.63, 3.8) is 0 Å². The van der Waals surface area contributed by atoms with E-state index >= 15 is 0 Å². The minimum Gasteiger partial charge on any atom is -0.310 e. The number of aromatic nitrogens is 2. The average Bonchev–Trinajstić information content (AvgIpc) is 2.38. The van der Waals surface area contributed by atoms with Crippen LogP contribution >= 0.6 is 0 Å². The highest BCUT2D eigenvalue weighted by Gasteiger charge is 2.45. The molecule has 0 amide bonds. The maximum atomic E-state index is 12.3. The monoisotopic (exact) mass is 309 g/mol. The van der Waals surface area contributed by atoms with Crippen molar-refractivity contribution in [3.8, 4) is 0 Å². The number of piperidine rings is 1. The maximum Gasteiger partial charge on any atom is 0.328 e. The van der Waals surface area contributed by atoms with Crippen molar-refractivity contribution in [2.75, 3.05) is 0 Å². The first-order valence-electron chi connectivity index (χ1n) is 7.53. The van der Waals surface area contributed by atoms with Gasteiger partial charge < -0.3 is 9.88 Å². The Balaban J connectivity index is 2.11. The molecule has 2 N–H and O–H groups in total. The Morgan fingerprint density at radius 2 is 1.77 bits per heavy atom. The molecule has 0 bridgehead atoms. The summed E-state index contributed by atoms with van der Waals surface area (Å²) in [5, 5.41) is 16.9. The molecule has 0 spiro atoms. The highest BCUT2D eigenvalue weighted by atomic mass is 16.5. The number of rotatable bonds is 3. The molecule has 0 unspecified atom stereocenters. The summed E-state index contributed by atoms with van der Waals surface area (Å²) in [4.78, 5) is 25.4. The molecule has 7 heteroatoms. The zero-order valence-corrected chi connectivity index (χ0v) is 13.9. The van der Waals surface area contributed by atoms with Gasteiger partial charge in [-0.15, -0.1) is 10.3 Å². The fraction of sp³-hybridized carbons (Fsp3) is 0.733. The van der Waals surface area contributed by atoms with Gasteiger partial charge in [-0.05, 0) is 40.5 Å². The van der Waals surface area contributed by atoms with Crippen molar-refractivity contribution >= 4 is 0 Å². The summed E-state index contributed by atoms with van der Waals surface area (Å²) in [6.45, 7) is 8.13. The van der Waals surface area contributed by atoms with E-state index < -0.39 is 16.8 Å². The van der Waals surface area contributed by atoms with Crippen LogP contribution in [0.4, 0.5) is 0 Å². The molecule has 1 aliphatic heterocycles. The lowest BCUT2D eigenvalue weighted by atomic mass is 9.79. The number of hydroxylamine groups is 2. The number of H-pyrrole nitrogens is 1. The number of nitrogens with zero attached hydrogens (tertiary/aromatic N) is 2. The van der Waals surface area contributed by atoms with Crippen molar-refractivity contribution in [2.24, 2.45) is 7.05 Å². The second kappa shape index (κ2) is 5.64. The summed E-state index contributed by atoms with van der Waals surface area (Å²) >= 11 is 0. The fourth-order valence-electron chi connectivity index (χ4n) is 3.40. The smallest absolute Gasteiger partial charge is 0.310 e. The van der Waals surface area contributed by atoms with Crippen LogP contribution in [0.15, 0.2) is 15.8 Å². The molecule has 2 rings (SSSR count). The predicted molar refractivity (Wildman–Crippen MR) is 82.8 cm³/mol. The Labute approximate surface area is 129 Å². The molecule has 1 saturated heterocycles. The van der Waals surface area contributed by atoms with Crippen LogP contribution < -0.4 is 16.6 Å². The van der Waals surface area contributed by atoms with Crippen molar-refractivity contribution in [3.05, 3.63) is 32.6 Å². The number of hydrogen-bond donors (Lipinski definition) is 2. The second-order valence-corrected chi connectivity index (χ2v) is 7.43. The van der Waals surface area contributed by atoms with E-state index in [2.05, 4.69) is 10.3 Å². The van der Waals surface area contributed by atoms with Crippen LogP contribution in [0.3, 0.4) is 0 Å². The maximum absolute atomic E-state index is 12.3. The topological polar surface area (TPSA) is 90.0 Å². The summed E-state index contributed by atoms with van der Waals surface area (Å²) < 4.78 is 1.35. The average molecular weight is 309 g/mol. The quantitative estimate of drug-likeness (QED) is 0.852. The molecule has 22 heavy (non-hydrogen) atoms. The summed E-state index contributed by atoms with van der Waals surface area (Å²) in [7, 11) is 1.60. The van der Waals surface area contributed by atoms with Crippen LogP contribution in [0.1, 0.15) is 46.1 Å². The first-order chi connectivity index (χ1) is 10.0. The highest BCUT2D eigenvalue weighted by molar-refractivity contribution is 5.05. The summed E-state index contributed by atoms with van der Waals surface area (Å²) in [5.74, 6) is 0. The van der Waals surface area contributed by atoms with E-state index in [0.29, 0.717) is 24.9 Å². The Morgan fingerprint density at radius 1 is 1.23 bits per heavy atom. The third-order valence-corrected chi connectivity index (χ3v) is 4.35. The number of aromatic amines is 1. The molecular weight excluding hydrogens is 284 g/mol. The number of aryl methyl sites for hydroxylation is 1. The van der Waals surface area contributed by atoms with Crippen LogP contribution in [0, 0.1) is 0 Å². The van der Waals surface area contributed by atoms with Gasteiger partial charge in [-0.3, -0.25) is 9.78 Å². The lowest BCUT2D eigenvalue weighted by Gasteiger charge is -2.50. The fourth-order valence-corrected chi connectivity index (χ4v) is 3.40. The van der Waals surface area contributed by atoms with Gasteiger partial charge >= 0.3 is 5.69 Å². The van der Waals surface area contributed by atoms with Gasteiger partial charge in [0.15, 0.2) is 0 Å². The Hall–Kier alpha value is -1.44. The third-order valence-electron chi connectivity index (χ3n) is 4.35. The minimum atomic E-state index is -0.449. The second-order valence-electron chi connectivity index (χ2n) is 7.43. The third kappa shape index (κ3) is 3.31. The van der Waals surface area contributed by atoms with Crippen LogP contribution in [-0.4, -0.2) is 31.7 Å². The molecule has 1 radical (unpaired) electrons. The molecule has 0 atom stereocenters. The predicted octanol–water partition coefficient (Wildman–Crippen LogP) is 0.530. The summed E-state index contributed by atoms with van der Waals surface area (Å²) in [6.07, 6.45) is 2.97. The first kappa shape index (κ1) is 16.9. The van der Waals surface area contributed by atoms with Crippen LogP contribution in [0.25, 0.3) is 0 Å². The van der Waals surface area contributed by atoms with Crippen molar-refractivity contribution in [2.45, 2.75) is 64.2 Å². The van der Waals surface area contributed by atoms with Crippen LogP contribution in [0.2, 0.25) is 0 Å². The van der Waals surface area contributed by atoms with Gasteiger partial charge in [0.05, 0.1) is 0 Å². The van der Waals surface area contributed by atoms with Gasteiger partial charge in [0.2, 0.25) is 0 Å². The summed E-state index contributed by atoms with van der Waals surface area (Å²) in [5.41, 5.74) is -1.17. The van der Waals surface area contributed by atoms with Gasteiger partial charge in [-0.25, -0.2) is 4.79 Å². The van der Waals surface area contributed by atoms with Gasteiger partial charge in [-0.2, -0.15) is 0 Å². The van der Waals surface area contributed by atoms with E-state index in [1.807, 2.05) is 27.7 Å². The molecular formula is C15H25N4O3. The summed E-state index contributed by atoms with van der Waals surface area (Å²) in [6, 6.07) is 0.145. The van der Waals surface area contributed by atoms with E-state index in [4.69, 9.17) is 0 Å². The number of nitrogens with one attached hydrogen (secondary N) is 2. The van der Waals surface area contributed by atoms with E-state index in [-0.39, 0.29) is 11.6 Å². The van der Waals surface area contributed by atoms with Gasteiger partial charge in [0.1, 0.15) is 0 Å². The SMILES string of the molecule is Cn1cc(CNC2CC(C)(C)N([O])C(C)(C)C2)c(=O)[nH]c1=O. The van der Waals surface area contributed by atoms with Crippen molar-refractivity contribution < 1.29 is 5.21 Å². The molecule has 0 aliphatic carbocycles.